The molecule has 0 aliphatic carbocycles. The van der Waals surface area contributed by atoms with Crippen LogP contribution in [0.15, 0.2) is 30.5 Å². The van der Waals surface area contributed by atoms with E-state index in [0.717, 1.165) is 13.0 Å². The lowest BCUT2D eigenvalue weighted by atomic mass is 10.1. The van der Waals surface area contributed by atoms with Crippen LogP contribution in [0.4, 0.5) is 16.8 Å². The van der Waals surface area contributed by atoms with Crippen LogP contribution < -0.4 is 27.0 Å². The Bertz CT molecular complexity index is 1480. The lowest BCUT2D eigenvalue weighted by Crippen LogP contribution is -2.32. The highest BCUT2D eigenvalue weighted by molar-refractivity contribution is 7.16. The number of rotatable bonds is 12. The fraction of sp³-hybridized carbons (Fsp3) is 0.292. The summed E-state index contributed by atoms with van der Waals surface area (Å²) < 4.78 is 1.61. The second-order valence-corrected chi connectivity index (χ2v) is 10.0. The first-order valence-electron chi connectivity index (χ1n) is 11.9. The molecule has 0 unspecified atom stereocenters. The maximum Gasteiger partial charge on any atom is 0.271 e. The van der Waals surface area contributed by atoms with E-state index in [1.54, 1.807) is 35.0 Å². The normalized spacial score (nSPS) is 10.9. The lowest BCUT2D eigenvalue weighted by molar-refractivity contribution is 0.0948. The zero-order valence-corrected chi connectivity index (χ0v) is 22.8. The van der Waals surface area contributed by atoms with Gasteiger partial charge in [0.1, 0.15) is 16.5 Å². The van der Waals surface area contributed by atoms with Gasteiger partial charge >= 0.3 is 0 Å². The second-order valence-electron chi connectivity index (χ2n) is 8.16. The van der Waals surface area contributed by atoms with Gasteiger partial charge in [-0.15, -0.1) is 0 Å². The highest BCUT2D eigenvalue weighted by atomic mass is 35.5. The average Bonchev–Trinajstić information content (AvgIpc) is 3.49. The Morgan fingerprint density at radius 1 is 1.13 bits per heavy atom. The molecule has 3 aromatic heterocycles. The van der Waals surface area contributed by atoms with E-state index in [2.05, 4.69) is 38.3 Å². The van der Waals surface area contributed by atoms with Crippen molar-refractivity contribution in [1.82, 2.24) is 30.2 Å². The first kappa shape index (κ1) is 27.4. The minimum absolute atomic E-state index is 0.204. The number of nitrogen functional groups attached to an aromatic ring is 1. The van der Waals surface area contributed by atoms with Crippen molar-refractivity contribution < 1.29 is 4.79 Å². The number of carbonyl (C=O) groups excluding carboxylic acids is 1. The minimum Gasteiger partial charge on any atom is -0.382 e. The van der Waals surface area contributed by atoms with E-state index in [1.807, 2.05) is 6.07 Å². The summed E-state index contributed by atoms with van der Waals surface area (Å²) in [4.78, 5) is 22.0. The number of nitrogens with one attached hydrogen (secondary N) is 4. The van der Waals surface area contributed by atoms with E-state index >= 15 is 0 Å². The first-order chi connectivity index (χ1) is 18.4. The maximum absolute atomic E-state index is 12.7. The van der Waals surface area contributed by atoms with E-state index in [1.165, 1.54) is 11.3 Å². The number of anilines is 3. The van der Waals surface area contributed by atoms with Crippen LogP contribution in [0.25, 0.3) is 16.8 Å². The molecule has 14 heteroatoms. The zero-order valence-electron chi connectivity index (χ0n) is 20.5. The van der Waals surface area contributed by atoms with Crippen molar-refractivity contribution in [2.75, 3.05) is 49.1 Å². The highest BCUT2D eigenvalue weighted by Gasteiger charge is 2.17. The molecule has 0 fully saturated rings. The quantitative estimate of drug-likeness (QED) is 0.159. The molecule has 0 radical (unpaired) electrons. The number of fused-ring (bicyclic) bond motifs is 1. The molecule has 198 valence electrons. The van der Waals surface area contributed by atoms with Crippen LogP contribution in [-0.4, -0.2) is 58.2 Å². The van der Waals surface area contributed by atoms with Crippen LogP contribution in [0.2, 0.25) is 10.0 Å². The number of thiazole rings is 1. The number of halogens is 2. The number of carbonyl (C=O) groups is 1. The van der Waals surface area contributed by atoms with Gasteiger partial charge in [-0.05, 0) is 31.2 Å². The second kappa shape index (κ2) is 12.7. The highest BCUT2D eigenvalue weighted by Crippen LogP contribution is 2.31. The number of hydrogen-bond donors (Lipinski definition) is 5. The minimum atomic E-state index is -0.277. The summed E-state index contributed by atoms with van der Waals surface area (Å²) in [5.74, 6) is 0.443. The van der Waals surface area contributed by atoms with Crippen LogP contribution in [0, 0.1) is 11.3 Å². The van der Waals surface area contributed by atoms with Gasteiger partial charge in [0.2, 0.25) is 0 Å². The third-order valence-electron chi connectivity index (χ3n) is 5.36. The number of nitrogens with zero attached hydrogens (tertiary/aromatic N) is 5. The molecule has 1 amide bonds. The molecule has 0 saturated carbocycles. The molecule has 4 aromatic rings. The molecule has 1 aromatic carbocycles. The monoisotopic (exact) mass is 572 g/mol. The van der Waals surface area contributed by atoms with Crippen LogP contribution in [0.5, 0.6) is 0 Å². The summed E-state index contributed by atoms with van der Waals surface area (Å²) in [5.41, 5.74) is 7.85. The topological polar surface area (TPSA) is 158 Å². The number of benzene rings is 1. The van der Waals surface area contributed by atoms with E-state index in [4.69, 9.17) is 39.2 Å². The maximum atomic E-state index is 12.7. The van der Waals surface area contributed by atoms with E-state index in [0.29, 0.717) is 68.8 Å². The number of amides is 1. The van der Waals surface area contributed by atoms with E-state index in [9.17, 15) is 4.79 Å². The molecule has 0 aliphatic heterocycles. The van der Waals surface area contributed by atoms with Gasteiger partial charge in [-0.2, -0.15) is 10.4 Å². The Hall–Kier alpha value is -3.63. The van der Waals surface area contributed by atoms with Gasteiger partial charge < -0.3 is 27.0 Å². The molecule has 0 aliphatic rings. The van der Waals surface area contributed by atoms with Gasteiger partial charge in [0.15, 0.2) is 22.5 Å². The van der Waals surface area contributed by atoms with Crippen LogP contribution in [0.1, 0.15) is 28.7 Å². The fourth-order valence-electron chi connectivity index (χ4n) is 3.55. The third-order valence-corrected chi connectivity index (χ3v) is 6.84. The Morgan fingerprint density at radius 2 is 1.95 bits per heavy atom. The molecule has 0 atom stereocenters. The molecule has 38 heavy (non-hydrogen) atoms. The molecule has 6 N–H and O–H groups in total. The Balaban J connectivity index is 1.55. The first-order valence-corrected chi connectivity index (χ1v) is 13.5. The van der Waals surface area contributed by atoms with Crippen molar-refractivity contribution in [3.8, 4) is 17.3 Å². The van der Waals surface area contributed by atoms with Crippen molar-refractivity contribution in [1.29, 1.82) is 5.26 Å². The summed E-state index contributed by atoms with van der Waals surface area (Å²) in [7, 11) is 0. The number of aromatic nitrogens is 4. The molecular formula is C24H26Cl2N10OS. The molecule has 4 rings (SSSR count). The van der Waals surface area contributed by atoms with Gasteiger partial charge in [0, 0.05) is 42.8 Å². The Labute approximate surface area is 233 Å². The molecule has 0 saturated heterocycles. The van der Waals surface area contributed by atoms with Crippen molar-refractivity contribution in [2.24, 2.45) is 0 Å². The van der Waals surface area contributed by atoms with Crippen LogP contribution >= 0.6 is 34.5 Å². The Kier molecular flexibility index (Phi) is 9.19. The number of nitriles is 1. The van der Waals surface area contributed by atoms with Crippen molar-refractivity contribution in [3.05, 3.63) is 51.1 Å². The summed E-state index contributed by atoms with van der Waals surface area (Å²) in [5, 5.41) is 27.6. The molecule has 0 bridgehead atoms. The third kappa shape index (κ3) is 6.62. The van der Waals surface area contributed by atoms with Gasteiger partial charge in [-0.3, -0.25) is 4.79 Å². The summed E-state index contributed by atoms with van der Waals surface area (Å²) in [6.07, 6.45) is 2.74. The van der Waals surface area contributed by atoms with Crippen LogP contribution in [-0.2, 0) is 0 Å². The average molecular weight is 574 g/mol. The predicted molar refractivity (Wildman–Crippen MR) is 152 cm³/mol. The standard InChI is InChI=1S/C24H26Cl2N10OS/c1-2-5-29-6-7-31-23(37)17-11-19-22(30-8-9-32-24-34-21(28)20(12-27)38-24)33-18(13-36(19)35-17)15-4-3-14(25)10-16(15)26/h3-4,10-11,13,29H,2,5-9,28H2,1H3,(H,30,33)(H,31,37)(H,32,34). The molecule has 3 heterocycles. The molecule has 11 nitrogen and oxygen atoms in total. The summed E-state index contributed by atoms with van der Waals surface area (Å²) >= 11 is 13.7. The zero-order chi connectivity index (χ0) is 27.1. The summed E-state index contributed by atoms with van der Waals surface area (Å²) in [6.45, 7) is 5.08. The number of nitrogens with two attached hydrogens (primary N) is 1. The van der Waals surface area contributed by atoms with Crippen molar-refractivity contribution in [2.45, 2.75) is 13.3 Å². The predicted octanol–water partition coefficient (Wildman–Crippen LogP) is 3.87. The van der Waals surface area contributed by atoms with Gasteiger partial charge in [-0.1, -0.05) is 41.5 Å². The largest absolute Gasteiger partial charge is 0.382 e. The number of hydrogen-bond acceptors (Lipinski definition) is 10. The summed E-state index contributed by atoms with van der Waals surface area (Å²) in [6, 6.07) is 8.86. The van der Waals surface area contributed by atoms with Crippen molar-refractivity contribution in [3.63, 3.8) is 0 Å². The molecular weight excluding hydrogens is 547 g/mol. The van der Waals surface area contributed by atoms with Gasteiger partial charge in [-0.25, -0.2) is 14.5 Å². The lowest BCUT2D eigenvalue weighted by Gasteiger charge is -2.11. The van der Waals surface area contributed by atoms with Gasteiger partial charge in [0.05, 0.1) is 16.9 Å². The van der Waals surface area contributed by atoms with Gasteiger partial charge in [0.25, 0.3) is 5.91 Å². The SMILES string of the molecule is CCCNCCNC(=O)c1cc2c(NCCNc3nc(N)c(C#N)s3)nc(-c3ccc(Cl)cc3Cl)cn2n1. The van der Waals surface area contributed by atoms with E-state index < -0.39 is 0 Å². The fourth-order valence-corrected chi connectivity index (χ4v) is 4.77. The van der Waals surface area contributed by atoms with Crippen LogP contribution in [0.3, 0.4) is 0 Å². The smallest absolute Gasteiger partial charge is 0.271 e. The van der Waals surface area contributed by atoms with Crippen molar-refractivity contribution >= 4 is 62.7 Å². The Morgan fingerprint density at radius 3 is 2.68 bits per heavy atom. The van der Waals surface area contributed by atoms with E-state index in [-0.39, 0.29) is 17.4 Å². The molecule has 0 spiro atoms.